The summed E-state index contributed by atoms with van der Waals surface area (Å²) in [6, 6.07) is -0.900. The number of nitrogens with one attached hydrogen (secondary N) is 1. The summed E-state index contributed by atoms with van der Waals surface area (Å²) < 4.78 is 0. The van der Waals surface area contributed by atoms with Crippen LogP contribution in [0.1, 0.15) is 13.8 Å². The number of carbonyl (C=O) groups excluding carboxylic acids is 2. The summed E-state index contributed by atoms with van der Waals surface area (Å²) in [5, 5.41) is 12.1. The Balaban J connectivity index is 3.63. The van der Waals surface area contributed by atoms with Crippen LogP contribution in [0.3, 0.4) is 0 Å². The molecule has 0 aliphatic carbocycles. The van der Waals surface area contributed by atoms with Crippen LogP contribution in [0.2, 0.25) is 0 Å². The van der Waals surface area contributed by atoms with Gasteiger partial charge in [0.05, 0.1) is 12.0 Å². The molecule has 0 saturated carbocycles. The van der Waals surface area contributed by atoms with Crippen molar-refractivity contribution in [2.24, 2.45) is 0 Å². The maximum absolute atomic E-state index is 10.2. The molecule has 4 heteroatoms. The first kappa shape index (κ1) is 7.94. The lowest BCUT2D eigenvalue weighted by Gasteiger charge is -2.11. The van der Waals surface area contributed by atoms with Crippen LogP contribution in [0, 0.1) is 0 Å². The van der Waals surface area contributed by atoms with Gasteiger partial charge < -0.3 is 15.2 Å². The molecule has 0 heterocycles. The van der Waals surface area contributed by atoms with Gasteiger partial charge in [-0.2, -0.15) is 0 Å². The summed E-state index contributed by atoms with van der Waals surface area (Å²) in [6.45, 7) is 2.59. The van der Waals surface area contributed by atoms with Gasteiger partial charge in [-0.3, -0.25) is 4.79 Å². The van der Waals surface area contributed by atoms with Gasteiger partial charge in [0.15, 0.2) is 0 Å². The number of aliphatic carboxylic acids is 1. The summed E-state index contributed by atoms with van der Waals surface area (Å²) in [5.74, 6) is -1.64. The molecular formula is C5H8NO3-. The largest absolute Gasteiger partial charge is 0.548 e. The van der Waals surface area contributed by atoms with E-state index in [1.807, 2.05) is 0 Å². The fourth-order valence-electron chi connectivity index (χ4n) is 0.364. The lowest BCUT2D eigenvalue weighted by atomic mass is 10.3. The lowest BCUT2D eigenvalue weighted by Crippen LogP contribution is -2.45. The second-order valence-corrected chi connectivity index (χ2v) is 1.74. The van der Waals surface area contributed by atoms with Crippen molar-refractivity contribution in [2.75, 3.05) is 0 Å². The number of rotatable bonds is 2. The van der Waals surface area contributed by atoms with E-state index < -0.39 is 12.0 Å². The molecule has 0 aromatic rings. The zero-order valence-electron chi connectivity index (χ0n) is 5.30. The summed E-state index contributed by atoms with van der Waals surface area (Å²) >= 11 is 0. The average molecular weight is 130 g/mol. The highest BCUT2D eigenvalue weighted by Crippen LogP contribution is 1.75. The van der Waals surface area contributed by atoms with Crippen molar-refractivity contribution in [3.8, 4) is 0 Å². The predicted octanol–water partition coefficient (Wildman–Crippen LogP) is -1.74. The van der Waals surface area contributed by atoms with Crippen LogP contribution in [0.15, 0.2) is 0 Å². The van der Waals surface area contributed by atoms with Crippen molar-refractivity contribution in [3.63, 3.8) is 0 Å². The van der Waals surface area contributed by atoms with E-state index in [2.05, 4.69) is 5.32 Å². The number of amides is 1. The number of carboxylic acids is 1. The van der Waals surface area contributed by atoms with Crippen LogP contribution in [0.25, 0.3) is 0 Å². The first-order valence-corrected chi connectivity index (χ1v) is 2.52. The minimum absolute atomic E-state index is 0.369. The van der Waals surface area contributed by atoms with Crippen molar-refractivity contribution in [1.82, 2.24) is 5.32 Å². The second kappa shape index (κ2) is 3.06. The Bertz CT molecular complexity index is 132. The smallest absolute Gasteiger partial charge is 0.217 e. The van der Waals surface area contributed by atoms with Gasteiger partial charge in [0.2, 0.25) is 5.91 Å². The minimum atomic E-state index is -1.27. The molecule has 1 atom stereocenters. The van der Waals surface area contributed by atoms with Crippen LogP contribution in [-0.2, 0) is 9.59 Å². The molecule has 0 fully saturated rings. The molecule has 1 N–H and O–H groups in total. The van der Waals surface area contributed by atoms with Crippen LogP contribution >= 0.6 is 0 Å². The molecule has 9 heavy (non-hydrogen) atoms. The highest BCUT2D eigenvalue weighted by atomic mass is 16.4. The normalized spacial score (nSPS) is 12.2. The molecule has 4 nitrogen and oxygen atoms in total. The quantitative estimate of drug-likeness (QED) is 0.482. The third-order valence-corrected chi connectivity index (χ3v) is 0.773. The number of hydrogen-bond acceptors (Lipinski definition) is 3. The van der Waals surface area contributed by atoms with Gasteiger partial charge in [0.1, 0.15) is 0 Å². The van der Waals surface area contributed by atoms with E-state index in [0.717, 1.165) is 0 Å². The van der Waals surface area contributed by atoms with Gasteiger partial charge in [0.25, 0.3) is 0 Å². The Morgan fingerprint density at radius 1 is 1.56 bits per heavy atom. The van der Waals surface area contributed by atoms with E-state index >= 15 is 0 Å². The lowest BCUT2D eigenvalue weighted by molar-refractivity contribution is -0.307. The Hall–Kier alpha value is -1.06. The molecule has 0 rings (SSSR count). The first-order valence-electron chi connectivity index (χ1n) is 2.52. The molecular weight excluding hydrogens is 122 g/mol. The van der Waals surface area contributed by atoms with Crippen molar-refractivity contribution in [2.45, 2.75) is 19.9 Å². The summed E-state index contributed by atoms with van der Waals surface area (Å²) in [5.41, 5.74) is 0. The van der Waals surface area contributed by atoms with E-state index in [1.165, 1.54) is 13.8 Å². The first-order chi connectivity index (χ1) is 4.04. The van der Waals surface area contributed by atoms with Gasteiger partial charge >= 0.3 is 0 Å². The standard InChI is InChI=1S/C5H9NO3/c1-3(5(8)9)6-4(2)7/h3H,1-2H3,(H,6,7)(H,8,9)/p-1/t3-/m1/s1. The van der Waals surface area contributed by atoms with Gasteiger partial charge in [0, 0.05) is 6.92 Å². The Morgan fingerprint density at radius 2 is 2.00 bits per heavy atom. The fraction of sp³-hybridized carbons (Fsp3) is 0.600. The maximum atomic E-state index is 10.2. The van der Waals surface area contributed by atoms with Crippen molar-refractivity contribution in [1.29, 1.82) is 0 Å². The van der Waals surface area contributed by atoms with Crippen molar-refractivity contribution < 1.29 is 14.7 Å². The molecule has 0 radical (unpaired) electrons. The Labute approximate surface area is 52.9 Å². The van der Waals surface area contributed by atoms with E-state index in [4.69, 9.17) is 0 Å². The molecule has 0 aromatic heterocycles. The molecule has 52 valence electrons. The van der Waals surface area contributed by atoms with Crippen molar-refractivity contribution >= 4 is 11.9 Å². The van der Waals surface area contributed by atoms with E-state index in [0.29, 0.717) is 0 Å². The van der Waals surface area contributed by atoms with Crippen LogP contribution < -0.4 is 10.4 Å². The highest BCUT2D eigenvalue weighted by molar-refractivity contribution is 5.80. The number of hydrogen-bond donors (Lipinski definition) is 1. The Morgan fingerprint density at radius 3 is 2.11 bits per heavy atom. The zero-order valence-corrected chi connectivity index (χ0v) is 5.30. The van der Waals surface area contributed by atoms with Gasteiger partial charge in [-0.15, -0.1) is 0 Å². The third kappa shape index (κ3) is 3.52. The zero-order chi connectivity index (χ0) is 7.44. The number of carboxylic acid groups (broad SMARTS) is 1. The molecule has 1 amide bonds. The predicted molar refractivity (Wildman–Crippen MR) is 28.3 cm³/mol. The summed E-state index contributed by atoms with van der Waals surface area (Å²) in [4.78, 5) is 20.1. The average Bonchev–Trinajstić information content (AvgIpc) is 1.63. The molecule has 0 aromatic carbocycles. The van der Waals surface area contributed by atoms with Gasteiger partial charge in [-0.25, -0.2) is 0 Å². The molecule has 0 spiro atoms. The minimum Gasteiger partial charge on any atom is -0.548 e. The van der Waals surface area contributed by atoms with Crippen LogP contribution in [0.4, 0.5) is 0 Å². The Kier molecular flexibility index (Phi) is 2.70. The molecule has 0 aliphatic rings. The van der Waals surface area contributed by atoms with Gasteiger partial charge in [-0.1, -0.05) is 0 Å². The van der Waals surface area contributed by atoms with E-state index in [1.54, 1.807) is 0 Å². The molecule has 0 bridgehead atoms. The topological polar surface area (TPSA) is 69.2 Å². The van der Waals surface area contributed by atoms with Gasteiger partial charge in [-0.05, 0) is 6.92 Å². The second-order valence-electron chi connectivity index (χ2n) is 1.74. The maximum Gasteiger partial charge on any atom is 0.217 e. The summed E-state index contributed by atoms with van der Waals surface area (Å²) in [6.07, 6.45) is 0. The summed E-state index contributed by atoms with van der Waals surface area (Å²) in [7, 11) is 0. The molecule has 0 aliphatic heterocycles. The molecule has 0 unspecified atom stereocenters. The van der Waals surface area contributed by atoms with Crippen molar-refractivity contribution in [3.05, 3.63) is 0 Å². The van der Waals surface area contributed by atoms with Crippen LogP contribution in [-0.4, -0.2) is 17.9 Å². The monoisotopic (exact) mass is 130 g/mol. The fourth-order valence-corrected chi connectivity index (χ4v) is 0.364. The molecule has 0 saturated heterocycles. The van der Waals surface area contributed by atoms with E-state index in [-0.39, 0.29) is 5.91 Å². The number of carbonyl (C=O) groups is 2. The highest BCUT2D eigenvalue weighted by Gasteiger charge is 2.01. The van der Waals surface area contributed by atoms with E-state index in [9.17, 15) is 14.7 Å². The third-order valence-electron chi connectivity index (χ3n) is 0.773. The van der Waals surface area contributed by atoms with Crippen LogP contribution in [0.5, 0.6) is 0 Å². The SMILES string of the molecule is CC(=O)N[C@H](C)C(=O)[O-].